The normalized spacial score (nSPS) is 17.5. The number of nitrogens with zero attached hydrogens (tertiary/aromatic N) is 2. The molecular formula is C17H16FN3O2S. The average Bonchev–Trinajstić information content (AvgIpc) is 3.30. The summed E-state index contributed by atoms with van der Waals surface area (Å²) in [7, 11) is 0. The highest BCUT2D eigenvalue weighted by atomic mass is 32.1. The van der Waals surface area contributed by atoms with Gasteiger partial charge in [0.1, 0.15) is 11.5 Å². The number of halogens is 1. The Kier molecular flexibility index (Phi) is 4.03. The summed E-state index contributed by atoms with van der Waals surface area (Å²) in [6.07, 6.45) is 3.95. The first-order valence-electron chi connectivity index (χ1n) is 7.83. The van der Waals surface area contributed by atoms with Gasteiger partial charge in [0.15, 0.2) is 4.96 Å². The average molecular weight is 345 g/mol. The lowest BCUT2D eigenvalue weighted by Crippen LogP contribution is -2.32. The second-order valence-electron chi connectivity index (χ2n) is 5.75. The lowest BCUT2D eigenvalue weighted by atomic mass is 10.2. The van der Waals surface area contributed by atoms with Gasteiger partial charge in [-0.25, -0.2) is 9.37 Å². The third-order valence-corrected chi connectivity index (χ3v) is 4.94. The van der Waals surface area contributed by atoms with Crippen LogP contribution in [-0.2, 0) is 4.74 Å². The number of fused-ring (bicyclic) bond motifs is 1. The number of benzene rings is 1. The molecule has 124 valence electrons. The zero-order chi connectivity index (χ0) is 16.5. The van der Waals surface area contributed by atoms with Crippen molar-refractivity contribution < 1.29 is 13.9 Å². The Morgan fingerprint density at radius 3 is 3.00 bits per heavy atom. The summed E-state index contributed by atoms with van der Waals surface area (Å²) in [5, 5.41) is 4.71. The molecule has 3 aromatic rings. The number of hydrogen-bond donors (Lipinski definition) is 1. The molecule has 1 unspecified atom stereocenters. The number of hydrogen-bond acceptors (Lipinski definition) is 4. The van der Waals surface area contributed by atoms with Gasteiger partial charge in [0, 0.05) is 30.3 Å². The van der Waals surface area contributed by atoms with Crippen LogP contribution in [0.5, 0.6) is 0 Å². The van der Waals surface area contributed by atoms with E-state index in [1.165, 1.54) is 23.5 Å². The van der Waals surface area contributed by atoms with Crippen molar-refractivity contribution in [3.63, 3.8) is 0 Å². The number of carbonyl (C=O) groups is 1. The Balaban J connectivity index is 1.55. The zero-order valence-corrected chi connectivity index (χ0v) is 13.7. The van der Waals surface area contributed by atoms with E-state index in [0.717, 1.165) is 35.7 Å². The molecule has 0 aliphatic carbocycles. The van der Waals surface area contributed by atoms with E-state index in [1.54, 1.807) is 28.1 Å². The Morgan fingerprint density at radius 1 is 1.42 bits per heavy atom. The van der Waals surface area contributed by atoms with Crippen molar-refractivity contribution in [1.82, 2.24) is 14.7 Å². The number of thiazole rings is 1. The highest BCUT2D eigenvalue weighted by Crippen LogP contribution is 2.24. The molecule has 3 heterocycles. The molecule has 1 atom stereocenters. The molecule has 0 bridgehead atoms. The first-order chi connectivity index (χ1) is 11.7. The maximum atomic E-state index is 13.0. The number of amides is 1. The van der Waals surface area contributed by atoms with Crippen LogP contribution < -0.4 is 5.32 Å². The van der Waals surface area contributed by atoms with Gasteiger partial charge in [-0.15, -0.1) is 11.3 Å². The standard InChI is InChI=1S/C17H16FN3O2S/c18-12-5-3-11(4-6-12)14-9-21-15(10-24-17(21)20-14)16(22)19-8-13-2-1-7-23-13/h3-6,9-10,13H,1-2,7-8H2,(H,19,22). The number of rotatable bonds is 4. The predicted molar refractivity (Wildman–Crippen MR) is 89.8 cm³/mol. The monoisotopic (exact) mass is 345 g/mol. The van der Waals surface area contributed by atoms with Crippen molar-refractivity contribution >= 4 is 22.2 Å². The van der Waals surface area contributed by atoms with Gasteiger partial charge in [-0.3, -0.25) is 9.20 Å². The molecule has 1 aliphatic heterocycles. The van der Waals surface area contributed by atoms with Crippen LogP contribution in [0.25, 0.3) is 16.2 Å². The van der Waals surface area contributed by atoms with Crippen LogP contribution >= 0.6 is 11.3 Å². The van der Waals surface area contributed by atoms with Crippen molar-refractivity contribution in [3.05, 3.63) is 47.4 Å². The third kappa shape index (κ3) is 2.92. The van der Waals surface area contributed by atoms with E-state index >= 15 is 0 Å². The van der Waals surface area contributed by atoms with E-state index in [9.17, 15) is 9.18 Å². The van der Waals surface area contributed by atoms with Gasteiger partial charge < -0.3 is 10.1 Å². The van der Waals surface area contributed by atoms with E-state index in [-0.39, 0.29) is 17.8 Å². The highest BCUT2D eigenvalue weighted by molar-refractivity contribution is 7.15. The molecule has 1 saturated heterocycles. The summed E-state index contributed by atoms with van der Waals surface area (Å²) in [6, 6.07) is 6.16. The third-order valence-electron chi connectivity index (χ3n) is 4.10. The number of aromatic nitrogens is 2. The van der Waals surface area contributed by atoms with Gasteiger partial charge in [-0.1, -0.05) is 0 Å². The largest absolute Gasteiger partial charge is 0.376 e. The Labute approximate surface area is 142 Å². The Hall–Kier alpha value is -2.25. The minimum atomic E-state index is -0.283. The van der Waals surface area contributed by atoms with Crippen molar-refractivity contribution in [2.75, 3.05) is 13.2 Å². The Bertz CT molecular complexity index is 866. The maximum absolute atomic E-state index is 13.0. The number of carbonyl (C=O) groups excluding carboxylic acids is 1. The lowest BCUT2D eigenvalue weighted by molar-refractivity contribution is 0.0853. The molecule has 0 spiro atoms. The smallest absolute Gasteiger partial charge is 0.269 e. The van der Waals surface area contributed by atoms with Gasteiger partial charge in [0.25, 0.3) is 5.91 Å². The summed E-state index contributed by atoms with van der Waals surface area (Å²) >= 11 is 1.40. The van der Waals surface area contributed by atoms with Crippen LogP contribution in [0.1, 0.15) is 23.3 Å². The Morgan fingerprint density at radius 2 is 2.25 bits per heavy atom. The van der Waals surface area contributed by atoms with Gasteiger partial charge >= 0.3 is 0 Å². The summed E-state index contributed by atoms with van der Waals surface area (Å²) in [6.45, 7) is 1.29. The molecule has 0 radical (unpaired) electrons. The zero-order valence-electron chi connectivity index (χ0n) is 12.9. The minimum Gasteiger partial charge on any atom is -0.376 e. The number of nitrogens with one attached hydrogen (secondary N) is 1. The number of imidazole rings is 1. The SMILES string of the molecule is O=C(NCC1CCCO1)c1csc2nc(-c3ccc(F)cc3)cn12. The minimum absolute atomic E-state index is 0.112. The molecule has 5 nitrogen and oxygen atoms in total. The molecule has 1 aliphatic rings. The molecule has 1 aromatic carbocycles. The van der Waals surface area contributed by atoms with E-state index in [2.05, 4.69) is 10.3 Å². The van der Waals surface area contributed by atoms with Gasteiger partial charge in [-0.05, 0) is 37.1 Å². The van der Waals surface area contributed by atoms with Crippen molar-refractivity contribution in [1.29, 1.82) is 0 Å². The quantitative estimate of drug-likeness (QED) is 0.790. The first-order valence-corrected chi connectivity index (χ1v) is 8.71. The second-order valence-corrected chi connectivity index (χ2v) is 6.59. The van der Waals surface area contributed by atoms with E-state index < -0.39 is 0 Å². The van der Waals surface area contributed by atoms with Gasteiger partial charge in [-0.2, -0.15) is 0 Å². The highest BCUT2D eigenvalue weighted by Gasteiger charge is 2.19. The molecule has 4 rings (SSSR count). The van der Waals surface area contributed by atoms with Crippen molar-refractivity contribution in [2.45, 2.75) is 18.9 Å². The summed E-state index contributed by atoms with van der Waals surface area (Å²) in [5.41, 5.74) is 2.09. The van der Waals surface area contributed by atoms with Gasteiger partial charge in [0.05, 0.1) is 11.8 Å². The van der Waals surface area contributed by atoms with Crippen molar-refractivity contribution in [3.8, 4) is 11.3 Å². The van der Waals surface area contributed by atoms with E-state index in [4.69, 9.17) is 4.74 Å². The van der Waals surface area contributed by atoms with Crippen LogP contribution in [0, 0.1) is 5.82 Å². The van der Waals surface area contributed by atoms with Crippen LogP contribution in [0.2, 0.25) is 0 Å². The summed E-state index contributed by atoms with van der Waals surface area (Å²) < 4.78 is 20.3. The van der Waals surface area contributed by atoms with E-state index in [0.29, 0.717) is 12.2 Å². The molecule has 1 amide bonds. The lowest BCUT2D eigenvalue weighted by Gasteiger charge is -2.10. The fourth-order valence-electron chi connectivity index (χ4n) is 2.81. The second kappa shape index (κ2) is 6.33. The fourth-order valence-corrected chi connectivity index (χ4v) is 3.66. The molecule has 1 N–H and O–H groups in total. The molecule has 24 heavy (non-hydrogen) atoms. The van der Waals surface area contributed by atoms with Crippen LogP contribution in [-0.4, -0.2) is 34.5 Å². The first kappa shape index (κ1) is 15.3. The summed E-state index contributed by atoms with van der Waals surface area (Å²) in [5.74, 6) is -0.422. The predicted octanol–water partition coefficient (Wildman–Crippen LogP) is 3.11. The molecule has 2 aromatic heterocycles. The molecule has 0 saturated carbocycles. The van der Waals surface area contributed by atoms with Crippen LogP contribution in [0.3, 0.4) is 0 Å². The van der Waals surface area contributed by atoms with Gasteiger partial charge in [0.2, 0.25) is 0 Å². The van der Waals surface area contributed by atoms with Crippen LogP contribution in [0.15, 0.2) is 35.8 Å². The van der Waals surface area contributed by atoms with Crippen LogP contribution in [0.4, 0.5) is 4.39 Å². The molecule has 7 heteroatoms. The topological polar surface area (TPSA) is 55.6 Å². The molecular weight excluding hydrogens is 329 g/mol. The summed E-state index contributed by atoms with van der Waals surface area (Å²) in [4.78, 5) is 17.6. The van der Waals surface area contributed by atoms with Crippen molar-refractivity contribution in [2.24, 2.45) is 0 Å². The molecule has 1 fully saturated rings. The number of ether oxygens (including phenoxy) is 1. The fraction of sp³-hybridized carbons (Fsp3) is 0.294. The van der Waals surface area contributed by atoms with E-state index in [1.807, 2.05) is 0 Å². The maximum Gasteiger partial charge on any atom is 0.269 e.